The lowest BCUT2D eigenvalue weighted by Gasteiger charge is -2.19. The molecule has 1 amide bonds. The van der Waals surface area contributed by atoms with E-state index < -0.39 is 0 Å². The molecule has 0 saturated heterocycles. The second-order valence-electron chi connectivity index (χ2n) is 3.32. The maximum absolute atomic E-state index is 12.1. The van der Waals surface area contributed by atoms with E-state index in [0.717, 1.165) is 0 Å². The van der Waals surface area contributed by atoms with Gasteiger partial charge in [0.15, 0.2) is 0 Å². The maximum Gasteiger partial charge on any atom is 0.261 e. The van der Waals surface area contributed by atoms with E-state index in [2.05, 4.69) is 0 Å². The molecule has 1 aliphatic rings. The summed E-state index contributed by atoms with van der Waals surface area (Å²) in [5, 5.41) is 0.751. The SMILES string of the molecule is O=C(c1c(Cl)cccc1Cl)N1C=CC=CC1. The van der Waals surface area contributed by atoms with Crippen LogP contribution in [0.3, 0.4) is 0 Å². The number of hydrogen-bond acceptors (Lipinski definition) is 1. The first-order chi connectivity index (χ1) is 7.70. The molecule has 0 spiro atoms. The van der Waals surface area contributed by atoms with Gasteiger partial charge in [0.05, 0.1) is 15.6 Å². The van der Waals surface area contributed by atoms with Crippen LogP contribution in [-0.2, 0) is 0 Å². The fraction of sp³-hybridized carbons (Fsp3) is 0.0833. The standard InChI is InChI=1S/C12H9Cl2NO/c13-9-5-4-6-10(14)11(9)12(16)15-7-2-1-3-8-15/h1-7H,8H2. The lowest BCUT2D eigenvalue weighted by atomic mass is 10.2. The first-order valence-corrected chi connectivity index (χ1v) is 5.54. The molecular formula is C12H9Cl2NO. The lowest BCUT2D eigenvalue weighted by molar-refractivity contribution is 0.0834. The molecule has 1 aliphatic heterocycles. The molecule has 1 heterocycles. The Kier molecular flexibility index (Phi) is 3.32. The van der Waals surface area contributed by atoms with E-state index in [1.165, 1.54) is 0 Å². The van der Waals surface area contributed by atoms with E-state index in [-0.39, 0.29) is 5.91 Å². The molecule has 0 aromatic heterocycles. The van der Waals surface area contributed by atoms with Gasteiger partial charge in [-0.2, -0.15) is 0 Å². The average Bonchev–Trinajstić information content (AvgIpc) is 2.30. The highest BCUT2D eigenvalue weighted by atomic mass is 35.5. The molecule has 0 fully saturated rings. The molecule has 1 aromatic carbocycles. The summed E-state index contributed by atoms with van der Waals surface area (Å²) in [6.07, 6.45) is 7.29. The molecule has 0 N–H and O–H groups in total. The Labute approximate surface area is 104 Å². The Hall–Kier alpha value is -1.25. The predicted octanol–water partition coefficient (Wildman–Crippen LogP) is 3.52. The van der Waals surface area contributed by atoms with Crippen LogP contribution in [-0.4, -0.2) is 17.4 Å². The second kappa shape index (κ2) is 4.73. The van der Waals surface area contributed by atoms with Gasteiger partial charge in [-0.05, 0) is 18.2 Å². The van der Waals surface area contributed by atoms with Gasteiger partial charge in [0, 0.05) is 12.7 Å². The fourth-order valence-corrected chi connectivity index (χ4v) is 2.02. The Morgan fingerprint density at radius 1 is 1.19 bits per heavy atom. The van der Waals surface area contributed by atoms with Crippen molar-refractivity contribution >= 4 is 29.1 Å². The molecule has 1 aromatic rings. The van der Waals surface area contributed by atoms with Gasteiger partial charge in [-0.15, -0.1) is 0 Å². The molecule has 82 valence electrons. The summed E-state index contributed by atoms with van der Waals surface area (Å²) in [5.74, 6) is -0.184. The van der Waals surface area contributed by atoms with Gasteiger partial charge in [-0.1, -0.05) is 41.4 Å². The summed E-state index contributed by atoms with van der Waals surface area (Å²) >= 11 is 11.9. The van der Waals surface area contributed by atoms with Gasteiger partial charge < -0.3 is 4.90 Å². The van der Waals surface area contributed by atoms with Crippen LogP contribution in [0, 0.1) is 0 Å². The van der Waals surface area contributed by atoms with Crippen molar-refractivity contribution in [3.8, 4) is 0 Å². The van der Waals surface area contributed by atoms with Crippen LogP contribution in [0.5, 0.6) is 0 Å². The molecule has 0 atom stereocenters. The molecule has 4 heteroatoms. The van der Waals surface area contributed by atoms with Crippen molar-refractivity contribution in [3.63, 3.8) is 0 Å². The molecule has 0 aliphatic carbocycles. The van der Waals surface area contributed by atoms with Crippen molar-refractivity contribution in [1.82, 2.24) is 4.90 Å². The van der Waals surface area contributed by atoms with Crippen LogP contribution in [0.15, 0.2) is 42.6 Å². The quantitative estimate of drug-likeness (QED) is 0.750. The zero-order valence-electron chi connectivity index (χ0n) is 8.36. The van der Waals surface area contributed by atoms with Crippen molar-refractivity contribution in [2.45, 2.75) is 0 Å². The molecule has 0 bridgehead atoms. The van der Waals surface area contributed by atoms with Crippen molar-refractivity contribution in [2.24, 2.45) is 0 Å². The molecule has 0 unspecified atom stereocenters. The van der Waals surface area contributed by atoms with Gasteiger partial charge in [0.25, 0.3) is 5.91 Å². The van der Waals surface area contributed by atoms with E-state index >= 15 is 0 Å². The third-order valence-corrected chi connectivity index (χ3v) is 2.88. The molecule has 16 heavy (non-hydrogen) atoms. The van der Waals surface area contributed by atoms with Gasteiger partial charge in [0.2, 0.25) is 0 Å². The minimum atomic E-state index is -0.184. The zero-order valence-corrected chi connectivity index (χ0v) is 9.87. The minimum absolute atomic E-state index is 0.184. The van der Waals surface area contributed by atoms with E-state index in [1.807, 2.05) is 12.2 Å². The number of nitrogens with zero attached hydrogens (tertiary/aromatic N) is 1. The fourth-order valence-electron chi connectivity index (χ4n) is 1.46. The number of rotatable bonds is 1. The summed E-state index contributed by atoms with van der Waals surface area (Å²) in [6, 6.07) is 5.03. The Balaban J connectivity index is 2.34. The van der Waals surface area contributed by atoms with Crippen LogP contribution in [0.2, 0.25) is 10.0 Å². The highest BCUT2D eigenvalue weighted by molar-refractivity contribution is 6.39. The van der Waals surface area contributed by atoms with Crippen LogP contribution in [0.25, 0.3) is 0 Å². The van der Waals surface area contributed by atoms with Gasteiger partial charge >= 0.3 is 0 Å². The summed E-state index contributed by atoms with van der Waals surface area (Å²) in [4.78, 5) is 13.7. The van der Waals surface area contributed by atoms with Crippen molar-refractivity contribution in [1.29, 1.82) is 0 Å². The number of hydrogen-bond donors (Lipinski definition) is 0. The summed E-state index contributed by atoms with van der Waals surface area (Å²) in [7, 11) is 0. The van der Waals surface area contributed by atoms with E-state index in [0.29, 0.717) is 22.2 Å². The van der Waals surface area contributed by atoms with Crippen LogP contribution in [0.1, 0.15) is 10.4 Å². The second-order valence-corrected chi connectivity index (χ2v) is 4.14. The highest BCUT2D eigenvalue weighted by Crippen LogP contribution is 2.26. The monoisotopic (exact) mass is 253 g/mol. The Morgan fingerprint density at radius 3 is 2.44 bits per heavy atom. The zero-order chi connectivity index (χ0) is 11.5. The topological polar surface area (TPSA) is 20.3 Å². The third kappa shape index (κ3) is 2.13. The first kappa shape index (κ1) is 11.2. The molecule has 0 saturated carbocycles. The van der Waals surface area contributed by atoms with Crippen LogP contribution < -0.4 is 0 Å². The summed E-state index contributed by atoms with van der Waals surface area (Å²) < 4.78 is 0. The number of carbonyl (C=O) groups is 1. The van der Waals surface area contributed by atoms with Gasteiger partial charge in [-0.25, -0.2) is 0 Å². The smallest absolute Gasteiger partial charge is 0.261 e. The molecule has 2 nitrogen and oxygen atoms in total. The molecule has 0 radical (unpaired) electrons. The molecule has 2 rings (SSSR count). The van der Waals surface area contributed by atoms with E-state index in [4.69, 9.17) is 23.2 Å². The number of amides is 1. The number of halogens is 2. The van der Waals surface area contributed by atoms with Gasteiger partial charge in [-0.3, -0.25) is 4.79 Å². The highest BCUT2D eigenvalue weighted by Gasteiger charge is 2.19. The number of carbonyl (C=O) groups excluding carboxylic acids is 1. The minimum Gasteiger partial charge on any atom is -0.311 e. The number of benzene rings is 1. The first-order valence-electron chi connectivity index (χ1n) is 4.78. The third-order valence-electron chi connectivity index (χ3n) is 2.25. The summed E-state index contributed by atoms with van der Waals surface area (Å²) in [5.41, 5.74) is 0.353. The van der Waals surface area contributed by atoms with Crippen LogP contribution >= 0.6 is 23.2 Å². The maximum atomic E-state index is 12.1. The average molecular weight is 254 g/mol. The Morgan fingerprint density at radius 2 is 1.88 bits per heavy atom. The van der Waals surface area contributed by atoms with E-state index in [9.17, 15) is 4.79 Å². The number of allylic oxidation sites excluding steroid dienone is 2. The van der Waals surface area contributed by atoms with Crippen molar-refractivity contribution in [3.05, 3.63) is 58.2 Å². The normalized spacial score (nSPS) is 14.2. The predicted molar refractivity (Wildman–Crippen MR) is 65.8 cm³/mol. The van der Waals surface area contributed by atoms with Crippen molar-refractivity contribution in [2.75, 3.05) is 6.54 Å². The lowest BCUT2D eigenvalue weighted by Crippen LogP contribution is -2.27. The van der Waals surface area contributed by atoms with Crippen molar-refractivity contribution < 1.29 is 4.79 Å². The van der Waals surface area contributed by atoms with E-state index in [1.54, 1.807) is 35.4 Å². The molecular weight excluding hydrogens is 245 g/mol. The largest absolute Gasteiger partial charge is 0.311 e. The Bertz CT molecular complexity index is 460. The van der Waals surface area contributed by atoms with Gasteiger partial charge in [0.1, 0.15) is 0 Å². The summed E-state index contributed by atoms with van der Waals surface area (Å²) in [6.45, 7) is 0.539. The van der Waals surface area contributed by atoms with Crippen LogP contribution in [0.4, 0.5) is 0 Å².